The number of carbonyl (C=O) groups excluding carboxylic acids is 3. The Hall–Kier alpha value is -4.19. The highest BCUT2D eigenvalue weighted by atomic mass is 16.2. The van der Waals surface area contributed by atoms with E-state index >= 15 is 0 Å². The lowest BCUT2D eigenvalue weighted by molar-refractivity contribution is -0.120. The number of hydrogen-bond acceptors (Lipinski definition) is 4. The molecule has 0 bridgehead atoms. The summed E-state index contributed by atoms with van der Waals surface area (Å²) in [4.78, 5) is 39.7. The minimum Gasteiger partial charge on any atom is -0.350 e. The average Bonchev–Trinajstić information content (AvgIpc) is 2.99. The van der Waals surface area contributed by atoms with Crippen LogP contribution in [0.1, 0.15) is 29.2 Å². The summed E-state index contributed by atoms with van der Waals surface area (Å²) < 4.78 is 0. The van der Waals surface area contributed by atoms with Gasteiger partial charge in [-0.15, -0.1) is 0 Å². The molecule has 6 heteroatoms. The topological polar surface area (TPSA) is 78.5 Å². The third-order valence-corrected chi connectivity index (χ3v) is 5.57. The number of para-hydroxylation sites is 1. The van der Waals surface area contributed by atoms with E-state index in [1.165, 1.54) is 11.8 Å². The van der Waals surface area contributed by atoms with E-state index in [0.29, 0.717) is 28.2 Å². The lowest BCUT2D eigenvalue weighted by atomic mass is 9.97. The van der Waals surface area contributed by atoms with Gasteiger partial charge in [-0.3, -0.25) is 14.4 Å². The van der Waals surface area contributed by atoms with Crippen LogP contribution in [0.3, 0.4) is 0 Å². The maximum Gasteiger partial charge on any atom is 0.282 e. The van der Waals surface area contributed by atoms with Crippen molar-refractivity contribution in [1.82, 2.24) is 0 Å². The van der Waals surface area contributed by atoms with E-state index in [1.54, 1.807) is 30.3 Å². The van der Waals surface area contributed by atoms with Crippen molar-refractivity contribution < 1.29 is 14.4 Å². The quantitative estimate of drug-likeness (QED) is 0.551. The van der Waals surface area contributed by atoms with E-state index in [4.69, 9.17) is 0 Å². The number of aryl methyl sites for hydroxylation is 3. The van der Waals surface area contributed by atoms with Crippen molar-refractivity contribution in [2.45, 2.75) is 27.7 Å². The Labute approximate surface area is 192 Å². The predicted octanol–water partition coefficient (Wildman–Crippen LogP) is 4.97. The molecule has 1 aliphatic rings. The smallest absolute Gasteiger partial charge is 0.282 e. The van der Waals surface area contributed by atoms with Gasteiger partial charge in [0.2, 0.25) is 5.91 Å². The minimum atomic E-state index is -0.407. The lowest BCUT2D eigenvalue weighted by Gasteiger charge is -2.18. The Morgan fingerprint density at radius 2 is 1.45 bits per heavy atom. The molecular weight excluding hydrogens is 414 g/mol. The van der Waals surface area contributed by atoms with Crippen LogP contribution >= 0.6 is 0 Å². The molecule has 6 nitrogen and oxygen atoms in total. The molecule has 166 valence electrons. The highest BCUT2D eigenvalue weighted by molar-refractivity contribution is 6.46. The van der Waals surface area contributed by atoms with Crippen LogP contribution in [-0.4, -0.2) is 17.7 Å². The molecule has 3 aromatic carbocycles. The molecule has 4 rings (SSSR count). The number of anilines is 3. The summed E-state index contributed by atoms with van der Waals surface area (Å²) in [5.74, 6) is -0.935. The van der Waals surface area contributed by atoms with E-state index in [1.807, 2.05) is 57.2 Å². The van der Waals surface area contributed by atoms with Crippen LogP contribution in [-0.2, 0) is 14.4 Å². The zero-order valence-corrected chi connectivity index (χ0v) is 19.0. The second-order valence-corrected chi connectivity index (χ2v) is 8.18. The zero-order chi connectivity index (χ0) is 23.7. The van der Waals surface area contributed by atoms with Gasteiger partial charge in [0.1, 0.15) is 5.70 Å². The molecule has 0 spiro atoms. The number of amides is 3. The summed E-state index contributed by atoms with van der Waals surface area (Å²) in [5.41, 5.74) is 5.95. The third-order valence-electron chi connectivity index (χ3n) is 5.57. The van der Waals surface area contributed by atoms with Gasteiger partial charge in [0.05, 0.1) is 11.3 Å². The second kappa shape index (κ2) is 8.74. The van der Waals surface area contributed by atoms with Crippen molar-refractivity contribution in [3.63, 3.8) is 0 Å². The molecular formula is C27H25N3O3. The molecule has 0 fully saturated rings. The fourth-order valence-corrected chi connectivity index (χ4v) is 4.01. The van der Waals surface area contributed by atoms with Gasteiger partial charge in [-0.05, 0) is 67.8 Å². The molecule has 3 amide bonds. The lowest BCUT2D eigenvalue weighted by Crippen LogP contribution is -2.33. The summed E-state index contributed by atoms with van der Waals surface area (Å²) in [5, 5.41) is 5.88. The molecule has 0 atom stereocenters. The molecule has 33 heavy (non-hydrogen) atoms. The van der Waals surface area contributed by atoms with Crippen LogP contribution in [0.5, 0.6) is 0 Å². The first-order chi connectivity index (χ1) is 15.8. The molecule has 0 saturated carbocycles. The standard InChI is InChI=1S/C27H25N3O3/c1-16-9-14-22(18(3)15-16)24-25(29-21-12-10-20(11-13-21)28-19(4)31)27(33)30(26(24)32)23-8-6-5-7-17(23)2/h5-15,29H,1-4H3,(H,28,31). The van der Waals surface area contributed by atoms with Crippen molar-refractivity contribution >= 4 is 40.4 Å². The predicted molar refractivity (Wildman–Crippen MR) is 131 cm³/mol. The van der Waals surface area contributed by atoms with Crippen molar-refractivity contribution in [2.75, 3.05) is 15.5 Å². The molecule has 2 N–H and O–H groups in total. The van der Waals surface area contributed by atoms with Crippen LogP contribution in [0.4, 0.5) is 17.1 Å². The second-order valence-electron chi connectivity index (χ2n) is 8.18. The first-order valence-electron chi connectivity index (χ1n) is 10.7. The van der Waals surface area contributed by atoms with Gasteiger partial charge < -0.3 is 10.6 Å². The number of carbonyl (C=O) groups is 3. The highest BCUT2D eigenvalue weighted by Gasteiger charge is 2.41. The summed E-state index contributed by atoms with van der Waals surface area (Å²) in [6, 6.07) is 20.1. The summed E-state index contributed by atoms with van der Waals surface area (Å²) >= 11 is 0. The largest absolute Gasteiger partial charge is 0.350 e. The van der Waals surface area contributed by atoms with Crippen molar-refractivity contribution in [2.24, 2.45) is 0 Å². The number of imide groups is 1. The number of rotatable bonds is 5. The van der Waals surface area contributed by atoms with Gasteiger partial charge in [0.15, 0.2) is 0 Å². The van der Waals surface area contributed by atoms with Gasteiger partial charge in [0, 0.05) is 18.3 Å². The van der Waals surface area contributed by atoms with Gasteiger partial charge >= 0.3 is 0 Å². The van der Waals surface area contributed by atoms with Crippen LogP contribution in [0.2, 0.25) is 0 Å². The molecule has 0 radical (unpaired) electrons. The Morgan fingerprint density at radius 3 is 2.09 bits per heavy atom. The highest BCUT2D eigenvalue weighted by Crippen LogP contribution is 2.36. The van der Waals surface area contributed by atoms with Crippen LogP contribution in [0.15, 0.2) is 72.4 Å². The Morgan fingerprint density at radius 1 is 0.788 bits per heavy atom. The first-order valence-corrected chi connectivity index (χ1v) is 10.7. The fourth-order valence-electron chi connectivity index (χ4n) is 4.01. The molecule has 0 aromatic heterocycles. The number of hydrogen-bond donors (Lipinski definition) is 2. The van der Waals surface area contributed by atoms with Gasteiger partial charge in [0.25, 0.3) is 11.8 Å². The van der Waals surface area contributed by atoms with E-state index in [2.05, 4.69) is 10.6 Å². The van der Waals surface area contributed by atoms with Crippen LogP contribution < -0.4 is 15.5 Å². The Bertz CT molecular complexity index is 1310. The van der Waals surface area contributed by atoms with Crippen molar-refractivity contribution in [3.8, 4) is 0 Å². The molecule has 3 aromatic rings. The third kappa shape index (κ3) is 4.28. The molecule has 1 aliphatic heterocycles. The number of nitrogens with zero attached hydrogens (tertiary/aromatic N) is 1. The Balaban J connectivity index is 1.80. The monoisotopic (exact) mass is 439 g/mol. The van der Waals surface area contributed by atoms with E-state index in [0.717, 1.165) is 16.7 Å². The van der Waals surface area contributed by atoms with Gasteiger partial charge in [-0.2, -0.15) is 0 Å². The number of nitrogens with one attached hydrogen (secondary N) is 2. The van der Waals surface area contributed by atoms with E-state index in [9.17, 15) is 14.4 Å². The van der Waals surface area contributed by atoms with E-state index < -0.39 is 5.91 Å². The SMILES string of the molecule is CC(=O)Nc1ccc(NC2=C(c3ccc(C)cc3C)C(=O)N(c3ccccc3C)C2=O)cc1. The average molecular weight is 440 g/mol. The van der Waals surface area contributed by atoms with Crippen molar-refractivity contribution in [1.29, 1.82) is 0 Å². The maximum atomic E-state index is 13.6. The Kier molecular flexibility index (Phi) is 5.84. The number of benzene rings is 3. The fraction of sp³-hybridized carbons (Fsp3) is 0.148. The van der Waals surface area contributed by atoms with Crippen molar-refractivity contribution in [3.05, 3.63) is 94.7 Å². The van der Waals surface area contributed by atoms with E-state index in [-0.39, 0.29) is 17.5 Å². The summed E-state index contributed by atoms with van der Waals surface area (Å²) in [6.45, 7) is 7.24. The van der Waals surface area contributed by atoms with Crippen LogP contribution in [0, 0.1) is 20.8 Å². The molecule has 0 saturated heterocycles. The molecule has 0 aliphatic carbocycles. The van der Waals surface area contributed by atoms with Gasteiger partial charge in [-0.1, -0.05) is 42.0 Å². The minimum absolute atomic E-state index is 0.166. The summed E-state index contributed by atoms with van der Waals surface area (Å²) in [6.07, 6.45) is 0. The summed E-state index contributed by atoms with van der Waals surface area (Å²) in [7, 11) is 0. The first kappa shape index (κ1) is 22.0. The van der Waals surface area contributed by atoms with Gasteiger partial charge in [-0.25, -0.2) is 4.90 Å². The zero-order valence-electron chi connectivity index (χ0n) is 19.0. The molecule has 0 unspecified atom stereocenters. The maximum absolute atomic E-state index is 13.6. The van der Waals surface area contributed by atoms with Crippen LogP contribution in [0.25, 0.3) is 5.57 Å². The normalized spacial score (nSPS) is 13.5. The molecule has 1 heterocycles.